The monoisotopic (exact) mass is 451 g/mol. The van der Waals surface area contributed by atoms with Crippen molar-refractivity contribution in [3.05, 3.63) is 59.7 Å². The average molecular weight is 452 g/mol. The van der Waals surface area contributed by atoms with Crippen molar-refractivity contribution in [3.8, 4) is 5.75 Å². The maximum Gasteiger partial charge on any atom is 0.325 e. The number of carbonyl (C=O) groups is 1. The number of methoxy groups -OCH3 is 1. The minimum absolute atomic E-state index is 0.511. The molecule has 2 aromatic carbocycles. The van der Waals surface area contributed by atoms with Gasteiger partial charge >= 0.3 is 5.97 Å². The number of benzene rings is 2. The molecule has 0 amide bonds. The zero-order chi connectivity index (χ0) is 23.2. The molecule has 3 N–H and O–H groups in total. The van der Waals surface area contributed by atoms with E-state index in [4.69, 9.17) is 10.6 Å². The molecule has 4 rings (SSSR count). The van der Waals surface area contributed by atoms with Gasteiger partial charge in [-0.1, -0.05) is 24.3 Å². The maximum atomic E-state index is 12.1. The number of anilines is 1. The fourth-order valence-corrected chi connectivity index (χ4v) is 5.01. The molecule has 2 aliphatic rings. The normalized spacial score (nSPS) is 19.6. The number of piperidine rings is 1. The first-order chi connectivity index (χ1) is 16.1. The first-order valence-electron chi connectivity index (χ1n) is 11.5. The Morgan fingerprint density at radius 2 is 1.67 bits per heavy atom. The largest absolute Gasteiger partial charge is 0.497 e. The maximum absolute atomic E-state index is 12.1. The van der Waals surface area contributed by atoms with E-state index in [1.165, 1.54) is 5.69 Å². The highest BCUT2D eigenvalue weighted by Crippen LogP contribution is 2.29. The van der Waals surface area contributed by atoms with E-state index in [2.05, 4.69) is 31.9 Å². The number of nitrogens with two attached hydrogens (primary N) is 1. The van der Waals surface area contributed by atoms with Gasteiger partial charge in [0, 0.05) is 51.0 Å². The van der Waals surface area contributed by atoms with Crippen molar-refractivity contribution in [2.45, 2.75) is 24.9 Å². The van der Waals surface area contributed by atoms with Crippen molar-refractivity contribution in [2.24, 2.45) is 10.9 Å². The number of rotatable bonds is 7. The van der Waals surface area contributed by atoms with E-state index >= 15 is 0 Å². The molecular weight excluding hydrogens is 418 g/mol. The Morgan fingerprint density at radius 3 is 2.21 bits per heavy atom. The summed E-state index contributed by atoms with van der Waals surface area (Å²) in [5.41, 5.74) is 3.03. The number of carboxylic acids is 1. The van der Waals surface area contributed by atoms with Crippen LogP contribution >= 0.6 is 0 Å². The van der Waals surface area contributed by atoms with Crippen molar-refractivity contribution in [1.82, 2.24) is 9.80 Å². The predicted molar refractivity (Wildman–Crippen MR) is 130 cm³/mol. The number of likely N-dealkylation sites (tertiary alicyclic amines) is 1. The highest BCUT2D eigenvalue weighted by molar-refractivity contribution is 5.80. The number of hydrazone groups is 1. The molecule has 0 bridgehead atoms. The van der Waals surface area contributed by atoms with E-state index in [-0.39, 0.29) is 0 Å². The summed E-state index contributed by atoms with van der Waals surface area (Å²) in [5, 5.41) is 13.5. The molecule has 8 nitrogen and oxygen atoms in total. The number of aliphatic carboxylic acids is 1. The smallest absolute Gasteiger partial charge is 0.325 e. The SMILES string of the molecule is COc1ccc(C(C(=O)O)N2CCC(N3CCN(c4ccc(C=NN)cc4)CC3)CC2)cc1. The Morgan fingerprint density at radius 1 is 1.03 bits per heavy atom. The van der Waals surface area contributed by atoms with E-state index in [0.29, 0.717) is 6.04 Å². The van der Waals surface area contributed by atoms with Crippen molar-refractivity contribution < 1.29 is 14.6 Å². The molecule has 0 saturated carbocycles. The van der Waals surface area contributed by atoms with Gasteiger partial charge in [0.1, 0.15) is 11.8 Å². The van der Waals surface area contributed by atoms with Crippen molar-refractivity contribution in [1.29, 1.82) is 0 Å². The van der Waals surface area contributed by atoms with Gasteiger partial charge in [0.05, 0.1) is 13.3 Å². The zero-order valence-electron chi connectivity index (χ0n) is 19.1. The number of hydrogen-bond donors (Lipinski definition) is 2. The second-order valence-electron chi connectivity index (χ2n) is 8.67. The summed E-state index contributed by atoms with van der Waals surface area (Å²) in [6.07, 6.45) is 3.64. The molecule has 2 aliphatic heterocycles. The number of ether oxygens (including phenoxy) is 1. The Bertz CT molecular complexity index is 932. The van der Waals surface area contributed by atoms with E-state index < -0.39 is 12.0 Å². The van der Waals surface area contributed by atoms with E-state index in [0.717, 1.165) is 69.0 Å². The second-order valence-corrected chi connectivity index (χ2v) is 8.67. The van der Waals surface area contributed by atoms with Crippen molar-refractivity contribution in [3.63, 3.8) is 0 Å². The van der Waals surface area contributed by atoms with E-state index in [1.54, 1.807) is 13.3 Å². The van der Waals surface area contributed by atoms with Gasteiger partial charge in [0.15, 0.2) is 0 Å². The summed E-state index contributed by atoms with van der Waals surface area (Å²) >= 11 is 0. The van der Waals surface area contributed by atoms with Gasteiger partial charge in [-0.25, -0.2) is 0 Å². The Hall–Kier alpha value is -3.10. The second kappa shape index (κ2) is 10.7. The summed E-state index contributed by atoms with van der Waals surface area (Å²) in [5.74, 6) is 5.17. The Labute approximate surface area is 195 Å². The van der Waals surface area contributed by atoms with Crippen molar-refractivity contribution in [2.75, 3.05) is 51.3 Å². The lowest BCUT2D eigenvalue weighted by molar-refractivity contribution is -0.144. The average Bonchev–Trinajstić information content (AvgIpc) is 2.86. The molecule has 33 heavy (non-hydrogen) atoms. The lowest BCUT2D eigenvalue weighted by Gasteiger charge is -2.44. The number of hydrogen-bond acceptors (Lipinski definition) is 7. The Kier molecular flexibility index (Phi) is 7.47. The van der Waals surface area contributed by atoms with Crippen LogP contribution in [0.4, 0.5) is 5.69 Å². The molecule has 2 fully saturated rings. The molecule has 8 heteroatoms. The van der Waals surface area contributed by atoms with Crippen LogP contribution < -0.4 is 15.5 Å². The molecule has 2 heterocycles. The summed E-state index contributed by atoms with van der Waals surface area (Å²) < 4.78 is 5.21. The van der Waals surface area contributed by atoms with Crippen LogP contribution in [0.2, 0.25) is 0 Å². The third-order valence-corrected chi connectivity index (χ3v) is 6.84. The minimum atomic E-state index is -0.795. The van der Waals surface area contributed by atoms with Crippen LogP contribution in [-0.4, -0.2) is 79.5 Å². The standard InChI is InChI=1S/C25H33N5O3/c1-33-23-8-4-20(5-9-23)24(25(31)32)30-12-10-22(11-13-30)29-16-14-28(15-17-29)21-6-2-19(3-7-21)18-27-26/h2-9,18,22,24H,10-17,26H2,1H3,(H,31,32). The first kappa shape index (κ1) is 23.1. The van der Waals surface area contributed by atoms with Gasteiger partial charge in [-0.15, -0.1) is 0 Å². The molecule has 1 unspecified atom stereocenters. The topological polar surface area (TPSA) is 94.6 Å². The quantitative estimate of drug-likeness (QED) is 0.379. The molecule has 1 atom stereocenters. The lowest BCUT2D eigenvalue weighted by Crippen LogP contribution is -2.54. The molecule has 0 aliphatic carbocycles. The van der Waals surface area contributed by atoms with Crippen LogP contribution in [0.3, 0.4) is 0 Å². The minimum Gasteiger partial charge on any atom is -0.497 e. The summed E-state index contributed by atoms with van der Waals surface area (Å²) in [7, 11) is 1.61. The third kappa shape index (κ3) is 5.46. The Balaban J connectivity index is 1.30. The van der Waals surface area contributed by atoms with Gasteiger partial charge in [-0.2, -0.15) is 5.10 Å². The van der Waals surface area contributed by atoms with Crippen LogP contribution in [0, 0.1) is 0 Å². The molecular formula is C25H33N5O3. The summed E-state index contributed by atoms with van der Waals surface area (Å²) in [4.78, 5) is 19.2. The molecule has 0 radical (unpaired) electrons. The number of nitrogens with zero attached hydrogens (tertiary/aromatic N) is 4. The molecule has 0 aromatic heterocycles. The highest BCUT2D eigenvalue weighted by atomic mass is 16.5. The van der Waals surface area contributed by atoms with Crippen molar-refractivity contribution >= 4 is 17.9 Å². The summed E-state index contributed by atoms with van der Waals surface area (Å²) in [6, 6.07) is 15.6. The summed E-state index contributed by atoms with van der Waals surface area (Å²) in [6.45, 7) is 5.62. The van der Waals surface area contributed by atoms with Gasteiger partial charge in [0.2, 0.25) is 0 Å². The van der Waals surface area contributed by atoms with Gasteiger partial charge in [-0.3, -0.25) is 14.6 Å². The molecule has 2 saturated heterocycles. The van der Waals surface area contributed by atoms with Gasteiger partial charge in [-0.05, 0) is 48.2 Å². The fourth-order valence-electron chi connectivity index (χ4n) is 5.01. The molecule has 2 aromatic rings. The van der Waals surface area contributed by atoms with Gasteiger partial charge in [0.25, 0.3) is 0 Å². The lowest BCUT2D eigenvalue weighted by atomic mass is 9.97. The fraction of sp³-hybridized carbons (Fsp3) is 0.440. The number of piperazine rings is 1. The molecule has 0 spiro atoms. The van der Waals surface area contributed by atoms with Crippen LogP contribution in [0.25, 0.3) is 0 Å². The highest BCUT2D eigenvalue weighted by Gasteiger charge is 2.33. The third-order valence-electron chi connectivity index (χ3n) is 6.84. The van der Waals surface area contributed by atoms with E-state index in [9.17, 15) is 9.90 Å². The van der Waals surface area contributed by atoms with Crippen LogP contribution in [0.5, 0.6) is 5.75 Å². The van der Waals surface area contributed by atoms with E-state index in [1.807, 2.05) is 36.4 Å². The van der Waals surface area contributed by atoms with Crippen LogP contribution in [0.1, 0.15) is 30.0 Å². The van der Waals surface area contributed by atoms with Crippen LogP contribution in [-0.2, 0) is 4.79 Å². The molecule has 176 valence electrons. The predicted octanol–water partition coefficient (Wildman–Crippen LogP) is 2.40. The first-order valence-corrected chi connectivity index (χ1v) is 11.5. The zero-order valence-corrected chi connectivity index (χ0v) is 19.1. The van der Waals surface area contributed by atoms with Gasteiger partial charge < -0.3 is 20.6 Å². The van der Waals surface area contributed by atoms with Crippen LogP contribution in [0.15, 0.2) is 53.6 Å². The number of carboxylic acid groups (broad SMARTS) is 1.